The lowest BCUT2D eigenvalue weighted by Crippen LogP contribution is -2.32. The van der Waals surface area contributed by atoms with Gasteiger partial charge in [-0.15, -0.1) is 0 Å². The Balaban J connectivity index is 1.47. The molecule has 1 aromatic heterocycles. The summed E-state index contributed by atoms with van der Waals surface area (Å²) in [7, 11) is 0. The number of rotatable bonds is 6. The molecule has 0 spiro atoms. The minimum absolute atomic E-state index is 0.0657. The van der Waals surface area contributed by atoms with Crippen LogP contribution in [0.15, 0.2) is 18.3 Å². The molecule has 2 aliphatic rings. The first kappa shape index (κ1) is 19.6. The summed E-state index contributed by atoms with van der Waals surface area (Å²) in [6.07, 6.45) is 3.25. The Morgan fingerprint density at radius 2 is 2.19 bits per heavy atom. The van der Waals surface area contributed by atoms with E-state index in [1.165, 1.54) is 0 Å². The number of carbonyl (C=O) groups is 2. The number of pyridine rings is 1. The van der Waals surface area contributed by atoms with Gasteiger partial charge < -0.3 is 20.4 Å². The zero-order chi connectivity index (χ0) is 19.2. The molecular formula is C20H31N5O2. The van der Waals surface area contributed by atoms with Crippen molar-refractivity contribution in [2.45, 2.75) is 26.7 Å². The minimum Gasteiger partial charge on any atom is -0.354 e. The summed E-state index contributed by atoms with van der Waals surface area (Å²) < 4.78 is 0. The van der Waals surface area contributed by atoms with Crippen LogP contribution < -0.4 is 15.5 Å². The van der Waals surface area contributed by atoms with Gasteiger partial charge in [0.25, 0.3) is 5.91 Å². The SMILES string of the molecule is CC(C)CN1CC[C@@H](CNC(=O)c2ccc(N3CCNC(=O)CC3)nc2)C1. The fourth-order valence-corrected chi connectivity index (χ4v) is 3.80. The summed E-state index contributed by atoms with van der Waals surface area (Å²) in [6, 6.07) is 3.68. The van der Waals surface area contributed by atoms with Gasteiger partial charge in [-0.2, -0.15) is 0 Å². The van der Waals surface area contributed by atoms with Crippen LogP contribution in [0.4, 0.5) is 5.82 Å². The van der Waals surface area contributed by atoms with Crippen molar-refractivity contribution in [2.24, 2.45) is 11.8 Å². The number of hydrogen-bond donors (Lipinski definition) is 2. The summed E-state index contributed by atoms with van der Waals surface area (Å²) in [5.74, 6) is 2.03. The van der Waals surface area contributed by atoms with Gasteiger partial charge in [-0.1, -0.05) is 13.8 Å². The van der Waals surface area contributed by atoms with E-state index in [1.54, 1.807) is 6.20 Å². The van der Waals surface area contributed by atoms with Gasteiger partial charge in [0.15, 0.2) is 0 Å². The van der Waals surface area contributed by atoms with Gasteiger partial charge in [0.1, 0.15) is 5.82 Å². The van der Waals surface area contributed by atoms with Crippen LogP contribution in [0, 0.1) is 11.8 Å². The Morgan fingerprint density at radius 1 is 1.33 bits per heavy atom. The first-order valence-electron chi connectivity index (χ1n) is 9.99. The van der Waals surface area contributed by atoms with E-state index in [1.807, 2.05) is 12.1 Å². The zero-order valence-corrected chi connectivity index (χ0v) is 16.4. The lowest BCUT2D eigenvalue weighted by molar-refractivity contribution is -0.120. The van der Waals surface area contributed by atoms with E-state index in [9.17, 15) is 9.59 Å². The predicted molar refractivity (Wildman–Crippen MR) is 106 cm³/mol. The van der Waals surface area contributed by atoms with E-state index in [4.69, 9.17) is 0 Å². The monoisotopic (exact) mass is 373 g/mol. The topological polar surface area (TPSA) is 77.6 Å². The average molecular weight is 374 g/mol. The fraction of sp³-hybridized carbons (Fsp3) is 0.650. The number of aromatic nitrogens is 1. The van der Waals surface area contributed by atoms with Crippen molar-refractivity contribution in [3.63, 3.8) is 0 Å². The number of nitrogens with one attached hydrogen (secondary N) is 2. The molecule has 1 atom stereocenters. The molecule has 2 amide bonds. The van der Waals surface area contributed by atoms with Crippen molar-refractivity contribution in [3.05, 3.63) is 23.9 Å². The Kier molecular flexibility index (Phi) is 6.66. The smallest absolute Gasteiger partial charge is 0.252 e. The quantitative estimate of drug-likeness (QED) is 0.781. The predicted octanol–water partition coefficient (Wildman–Crippen LogP) is 1.12. The highest BCUT2D eigenvalue weighted by atomic mass is 16.2. The van der Waals surface area contributed by atoms with Crippen LogP contribution >= 0.6 is 0 Å². The first-order chi connectivity index (χ1) is 13.0. The molecule has 1 aromatic rings. The third kappa shape index (κ3) is 5.66. The van der Waals surface area contributed by atoms with Crippen LogP contribution in [-0.2, 0) is 4.79 Å². The van der Waals surface area contributed by atoms with E-state index in [0.29, 0.717) is 36.9 Å². The number of anilines is 1. The van der Waals surface area contributed by atoms with Crippen molar-refractivity contribution < 1.29 is 9.59 Å². The molecule has 2 aliphatic heterocycles. The molecule has 0 radical (unpaired) electrons. The molecule has 0 saturated carbocycles. The molecule has 0 aliphatic carbocycles. The fourth-order valence-electron chi connectivity index (χ4n) is 3.80. The van der Waals surface area contributed by atoms with E-state index < -0.39 is 0 Å². The normalized spacial score (nSPS) is 21.2. The largest absolute Gasteiger partial charge is 0.354 e. The Bertz CT molecular complexity index is 646. The number of hydrogen-bond acceptors (Lipinski definition) is 5. The lowest BCUT2D eigenvalue weighted by Gasteiger charge is -2.20. The highest BCUT2D eigenvalue weighted by Gasteiger charge is 2.23. The summed E-state index contributed by atoms with van der Waals surface area (Å²) in [5.41, 5.74) is 0.583. The van der Waals surface area contributed by atoms with Gasteiger partial charge in [0.05, 0.1) is 5.56 Å². The van der Waals surface area contributed by atoms with Crippen LogP contribution in [-0.4, -0.2) is 67.5 Å². The lowest BCUT2D eigenvalue weighted by atomic mass is 10.1. The Morgan fingerprint density at radius 3 is 2.93 bits per heavy atom. The maximum Gasteiger partial charge on any atom is 0.252 e. The Hall–Kier alpha value is -2.15. The van der Waals surface area contributed by atoms with E-state index in [2.05, 4.69) is 39.3 Å². The highest BCUT2D eigenvalue weighted by Crippen LogP contribution is 2.17. The van der Waals surface area contributed by atoms with E-state index in [-0.39, 0.29) is 11.8 Å². The molecule has 3 heterocycles. The number of likely N-dealkylation sites (tertiary alicyclic amines) is 1. The molecule has 0 bridgehead atoms. The molecule has 27 heavy (non-hydrogen) atoms. The highest BCUT2D eigenvalue weighted by molar-refractivity contribution is 5.94. The Labute approximate surface area is 161 Å². The molecule has 148 valence electrons. The van der Waals surface area contributed by atoms with Gasteiger partial charge in [0.2, 0.25) is 5.91 Å². The third-order valence-corrected chi connectivity index (χ3v) is 5.19. The molecular weight excluding hydrogens is 342 g/mol. The average Bonchev–Trinajstić information content (AvgIpc) is 2.97. The summed E-state index contributed by atoms with van der Waals surface area (Å²) in [6.45, 7) is 10.5. The van der Waals surface area contributed by atoms with Crippen LogP contribution in [0.3, 0.4) is 0 Å². The maximum atomic E-state index is 12.4. The van der Waals surface area contributed by atoms with E-state index in [0.717, 1.165) is 45.0 Å². The zero-order valence-electron chi connectivity index (χ0n) is 16.4. The van der Waals surface area contributed by atoms with Crippen LogP contribution in [0.2, 0.25) is 0 Å². The van der Waals surface area contributed by atoms with Crippen molar-refractivity contribution in [2.75, 3.05) is 50.7 Å². The van der Waals surface area contributed by atoms with E-state index >= 15 is 0 Å². The summed E-state index contributed by atoms with van der Waals surface area (Å²) in [5, 5.41) is 5.91. The van der Waals surface area contributed by atoms with Crippen LogP contribution in [0.25, 0.3) is 0 Å². The van der Waals surface area contributed by atoms with Gasteiger partial charge >= 0.3 is 0 Å². The summed E-state index contributed by atoms with van der Waals surface area (Å²) >= 11 is 0. The van der Waals surface area contributed by atoms with Crippen molar-refractivity contribution in [3.8, 4) is 0 Å². The molecule has 3 rings (SSSR count). The van der Waals surface area contributed by atoms with Crippen molar-refractivity contribution in [1.82, 2.24) is 20.5 Å². The van der Waals surface area contributed by atoms with Crippen molar-refractivity contribution >= 4 is 17.6 Å². The second-order valence-corrected chi connectivity index (χ2v) is 8.01. The second kappa shape index (κ2) is 9.17. The maximum absolute atomic E-state index is 12.4. The number of nitrogens with zero attached hydrogens (tertiary/aromatic N) is 3. The van der Waals surface area contributed by atoms with Gasteiger partial charge in [-0.05, 0) is 36.9 Å². The van der Waals surface area contributed by atoms with Crippen LogP contribution in [0.5, 0.6) is 0 Å². The molecule has 2 fully saturated rings. The molecule has 2 saturated heterocycles. The molecule has 0 unspecified atom stereocenters. The second-order valence-electron chi connectivity index (χ2n) is 8.01. The number of amides is 2. The standard InChI is InChI=1S/C20H31N5O2/c1-15(2)13-24-8-5-16(14-24)11-23-20(27)17-3-4-18(22-12-17)25-9-6-19(26)21-7-10-25/h3-4,12,15-16H,5-11,13-14H2,1-2H3,(H,21,26)(H,23,27)/t16-/m0/s1. The van der Waals surface area contributed by atoms with Gasteiger partial charge in [0, 0.05) is 51.9 Å². The minimum atomic E-state index is -0.0657. The molecule has 2 N–H and O–H groups in total. The van der Waals surface area contributed by atoms with Gasteiger partial charge in [-0.3, -0.25) is 9.59 Å². The molecule has 7 nitrogen and oxygen atoms in total. The summed E-state index contributed by atoms with van der Waals surface area (Å²) in [4.78, 5) is 32.8. The van der Waals surface area contributed by atoms with Gasteiger partial charge in [-0.25, -0.2) is 4.98 Å². The molecule has 7 heteroatoms. The first-order valence-corrected chi connectivity index (χ1v) is 9.99. The van der Waals surface area contributed by atoms with Crippen molar-refractivity contribution in [1.29, 1.82) is 0 Å². The third-order valence-electron chi connectivity index (χ3n) is 5.19. The number of carbonyl (C=O) groups excluding carboxylic acids is 2. The molecule has 0 aromatic carbocycles. The van der Waals surface area contributed by atoms with Crippen LogP contribution in [0.1, 0.15) is 37.0 Å².